The number of benzene rings is 2. The van der Waals surface area contributed by atoms with E-state index in [1.165, 1.54) is 29.2 Å². The Morgan fingerprint density at radius 1 is 1.17 bits per heavy atom. The smallest absolute Gasteiger partial charge is 0.223 e. The maximum Gasteiger partial charge on any atom is 0.223 e. The van der Waals surface area contributed by atoms with Crippen LogP contribution >= 0.6 is 0 Å². The second kappa shape index (κ2) is 6.32. The second-order valence-electron chi connectivity index (χ2n) is 7.01. The van der Waals surface area contributed by atoms with Gasteiger partial charge in [-0.1, -0.05) is 42.5 Å². The van der Waals surface area contributed by atoms with E-state index in [9.17, 15) is 4.79 Å². The predicted octanol–water partition coefficient (Wildman–Crippen LogP) is 3.06. The Morgan fingerprint density at radius 2 is 2.04 bits per heavy atom. The highest BCUT2D eigenvalue weighted by Crippen LogP contribution is 2.48. The maximum atomic E-state index is 12.4. The summed E-state index contributed by atoms with van der Waals surface area (Å²) < 4.78 is 0. The second-order valence-corrected chi connectivity index (χ2v) is 7.01. The van der Waals surface area contributed by atoms with Crippen molar-refractivity contribution in [2.24, 2.45) is 11.8 Å². The summed E-state index contributed by atoms with van der Waals surface area (Å²) in [5, 5.41) is 9.11. The van der Waals surface area contributed by atoms with Gasteiger partial charge in [0.2, 0.25) is 5.91 Å². The molecule has 0 radical (unpaired) electrons. The van der Waals surface area contributed by atoms with Gasteiger partial charge in [0.05, 0.1) is 0 Å². The van der Waals surface area contributed by atoms with E-state index in [0.29, 0.717) is 11.8 Å². The third-order valence-electron chi connectivity index (χ3n) is 5.29. The van der Waals surface area contributed by atoms with Crippen LogP contribution in [-0.4, -0.2) is 25.5 Å². The van der Waals surface area contributed by atoms with E-state index >= 15 is 0 Å². The molecule has 2 aliphatic rings. The predicted molar refractivity (Wildman–Crippen MR) is 93.4 cm³/mol. The van der Waals surface area contributed by atoms with Crippen molar-refractivity contribution in [3.05, 3.63) is 48.0 Å². The standard InChI is InChI=1S/C20H24N2O/c23-20(22-13-14-4-3-9-21-12-14)19-11-18(19)17-8-7-15-5-1-2-6-16(15)10-17/h1-2,5-8,10,14,18-19,21H,3-4,9,11-13H2,(H,22,23). The monoisotopic (exact) mass is 308 g/mol. The Bertz CT molecular complexity index is 706. The normalized spacial score (nSPS) is 26.9. The van der Waals surface area contributed by atoms with E-state index in [-0.39, 0.29) is 11.8 Å². The Morgan fingerprint density at radius 3 is 2.87 bits per heavy atom. The number of carbonyl (C=O) groups is 1. The molecule has 3 unspecified atom stereocenters. The van der Waals surface area contributed by atoms with Crippen LogP contribution in [0.2, 0.25) is 0 Å². The fraction of sp³-hybridized carbons (Fsp3) is 0.450. The summed E-state index contributed by atoms with van der Waals surface area (Å²) in [5.74, 6) is 1.43. The number of rotatable bonds is 4. The number of nitrogens with one attached hydrogen (secondary N) is 2. The number of amides is 1. The zero-order valence-corrected chi connectivity index (χ0v) is 13.4. The number of hydrogen-bond donors (Lipinski definition) is 2. The van der Waals surface area contributed by atoms with E-state index in [1.807, 2.05) is 0 Å². The van der Waals surface area contributed by atoms with Gasteiger partial charge in [-0.25, -0.2) is 0 Å². The first-order valence-electron chi connectivity index (χ1n) is 8.78. The molecule has 1 aliphatic carbocycles. The van der Waals surface area contributed by atoms with Gasteiger partial charge in [-0.2, -0.15) is 0 Å². The topological polar surface area (TPSA) is 41.1 Å². The number of fused-ring (bicyclic) bond motifs is 1. The highest BCUT2D eigenvalue weighted by Gasteiger charge is 2.43. The van der Waals surface area contributed by atoms with Gasteiger partial charge >= 0.3 is 0 Å². The van der Waals surface area contributed by atoms with E-state index in [0.717, 1.165) is 26.1 Å². The van der Waals surface area contributed by atoms with Crippen molar-refractivity contribution >= 4 is 16.7 Å². The van der Waals surface area contributed by atoms with Crippen molar-refractivity contribution in [1.82, 2.24) is 10.6 Å². The molecular formula is C20H24N2O. The molecule has 1 heterocycles. The van der Waals surface area contributed by atoms with Gasteiger partial charge in [-0.3, -0.25) is 4.79 Å². The van der Waals surface area contributed by atoms with Gasteiger partial charge in [0.15, 0.2) is 0 Å². The molecule has 1 aliphatic heterocycles. The van der Waals surface area contributed by atoms with Gasteiger partial charge < -0.3 is 10.6 Å². The summed E-state index contributed by atoms with van der Waals surface area (Å²) in [6, 6.07) is 15.0. The Balaban J connectivity index is 1.35. The van der Waals surface area contributed by atoms with Crippen LogP contribution in [0.4, 0.5) is 0 Å². The Hall–Kier alpha value is -1.87. The molecule has 3 nitrogen and oxygen atoms in total. The van der Waals surface area contributed by atoms with E-state index < -0.39 is 0 Å². The number of carbonyl (C=O) groups excluding carboxylic acids is 1. The summed E-state index contributed by atoms with van der Waals surface area (Å²) in [4.78, 5) is 12.4. The van der Waals surface area contributed by atoms with Crippen LogP contribution in [0.25, 0.3) is 10.8 Å². The summed E-state index contributed by atoms with van der Waals surface area (Å²) in [5.41, 5.74) is 1.31. The minimum atomic E-state index is 0.174. The molecule has 0 bridgehead atoms. The molecule has 2 aromatic carbocycles. The van der Waals surface area contributed by atoms with Crippen LogP contribution in [0.15, 0.2) is 42.5 Å². The lowest BCUT2D eigenvalue weighted by molar-refractivity contribution is -0.122. The summed E-state index contributed by atoms with van der Waals surface area (Å²) in [6.45, 7) is 2.99. The minimum Gasteiger partial charge on any atom is -0.356 e. The third-order valence-corrected chi connectivity index (χ3v) is 5.29. The third kappa shape index (κ3) is 3.25. The molecule has 2 N–H and O–H groups in total. The molecule has 3 atom stereocenters. The first-order chi connectivity index (χ1) is 11.3. The molecule has 3 heteroatoms. The summed E-state index contributed by atoms with van der Waals surface area (Å²) >= 11 is 0. The zero-order chi connectivity index (χ0) is 15.6. The zero-order valence-electron chi connectivity index (χ0n) is 13.4. The Kier molecular flexibility index (Phi) is 4.04. The number of hydrogen-bond acceptors (Lipinski definition) is 2. The fourth-order valence-corrected chi connectivity index (χ4v) is 3.77. The first-order valence-corrected chi connectivity index (χ1v) is 8.78. The molecule has 1 saturated carbocycles. The largest absolute Gasteiger partial charge is 0.356 e. The number of piperidine rings is 1. The van der Waals surface area contributed by atoms with E-state index in [4.69, 9.17) is 0 Å². The minimum absolute atomic E-state index is 0.174. The summed E-state index contributed by atoms with van der Waals surface area (Å²) in [6.07, 6.45) is 3.45. The molecule has 120 valence electrons. The van der Waals surface area contributed by atoms with E-state index in [2.05, 4.69) is 53.1 Å². The SMILES string of the molecule is O=C(NCC1CCCNC1)C1CC1c1ccc2ccccc2c1. The molecule has 2 fully saturated rings. The highest BCUT2D eigenvalue weighted by molar-refractivity contribution is 5.85. The van der Waals surface area contributed by atoms with Crippen LogP contribution in [0.1, 0.15) is 30.7 Å². The van der Waals surface area contributed by atoms with Crippen molar-refractivity contribution in [2.45, 2.75) is 25.2 Å². The molecule has 0 spiro atoms. The lowest BCUT2D eigenvalue weighted by atomic mass is 9.99. The van der Waals surface area contributed by atoms with Crippen molar-refractivity contribution in [2.75, 3.05) is 19.6 Å². The molecule has 23 heavy (non-hydrogen) atoms. The van der Waals surface area contributed by atoms with Gasteiger partial charge in [-0.15, -0.1) is 0 Å². The van der Waals surface area contributed by atoms with Gasteiger partial charge in [0.1, 0.15) is 0 Å². The lowest BCUT2D eigenvalue weighted by Gasteiger charge is -2.22. The van der Waals surface area contributed by atoms with Crippen LogP contribution < -0.4 is 10.6 Å². The molecule has 2 aromatic rings. The van der Waals surface area contributed by atoms with Gasteiger partial charge in [0, 0.05) is 12.5 Å². The van der Waals surface area contributed by atoms with E-state index in [1.54, 1.807) is 0 Å². The van der Waals surface area contributed by atoms with Crippen molar-refractivity contribution < 1.29 is 4.79 Å². The maximum absolute atomic E-state index is 12.4. The fourth-order valence-electron chi connectivity index (χ4n) is 3.77. The van der Waals surface area contributed by atoms with Crippen LogP contribution in [0, 0.1) is 11.8 Å². The molecular weight excluding hydrogens is 284 g/mol. The van der Waals surface area contributed by atoms with Crippen LogP contribution in [-0.2, 0) is 4.79 Å². The molecule has 1 saturated heterocycles. The molecule has 0 aromatic heterocycles. The Labute approximate surface area is 137 Å². The van der Waals surface area contributed by atoms with Crippen molar-refractivity contribution in [3.8, 4) is 0 Å². The molecule has 1 amide bonds. The average Bonchev–Trinajstić information content (AvgIpc) is 3.41. The highest BCUT2D eigenvalue weighted by atomic mass is 16.2. The van der Waals surface area contributed by atoms with Crippen molar-refractivity contribution in [1.29, 1.82) is 0 Å². The van der Waals surface area contributed by atoms with Crippen molar-refractivity contribution in [3.63, 3.8) is 0 Å². The van der Waals surface area contributed by atoms with Gasteiger partial charge in [0.25, 0.3) is 0 Å². The van der Waals surface area contributed by atoms with Crippen LogP contribution in [0.3, 0.4) is 0 Å². The van der Waals surface area contributed by atoms with Crippen LogP contribution in [0.5, 0.6) is 0 Å². The molecule has 4 rings (SSSR count). The first kappa shape index (κ1) is 14.7. The quantitative estimate of drug-likeness (QED) is 0.911. The van der Waals surface area contributed by atoms with Gasteiger partial charge in [-0.05, 0) is 60.5 Å². The summed E-state index contributed by atoms with van der Waals surface area (Å²) in [7, 11) is 0. The lowest BCUT2D eigenvalue weighted by Crippen LogP contribution is -2.38. The average molecular weight is 308 g/mol.